The van der Waals surface area contributed by atoms with Crippen LogP contribution in [-0.4, -0.2) is 64.5 Å². The Kier molecular flexibility index (Phi) is 12.8. The van der Waals surface area contributed by atoms with Crippen molar-refractivity contribution < 1.29 is 38.1 Å². The van der Waals surface area contributed by atoms with Crippen molar-refractivity contribution in [1.82, 2.24) is 5.32 Å². The monoisotopic (exact) mass is 563 g/mol. The van der Waals surface area contributed by atoms with Gasteiger partial charge in [0.2, 0.25) is 0 Å². The summed E-state index contributed by atoms with van der Waals surface area (Å²) in [6.45, 7) is 5.87. The van der Waals surface area contributed by atoms with Gasteiger partial charge < -0.3 is 29.0 Å². The Labute approximate surface area is 240 Å². The number of nitrogens with one attached hydrogen (secondary N) is 1. The Balaban J connectivity index is 1.32. The first-order chi connectivity index (χ1) is 19.9. The zero-order valence-electron chi connectivity index (χ0n) is 23.7. The van der Waals surface area contributed by atoms with Gasteiger partial charge in [0.25, 0.3) is 5.91 Å². The fourth-order valence-corrected chi connectivity index (χ4v) is 3.58. The zero-order chi connectivity index (χ0) is 29.5. The molecule has 0 fully saturated rings. The molecule has 3 aromatic carbocycles. The van der Waals surface area contributed by atoms with Crippen molar-refractivity contribution in [2.45, 2.75) is 20.3 Å². The molecule has 0 aliphatic rings. The summed E-state index contributed by atoms with van der Waals surface area (Å²) in [5, 5.41) is 2.60. The summed E-state index contributed by atoms with van der Waals surface area (Å²) in [5.41, 5.74) is 2.87. The lowest BCUT2D eigenvalue weighted by molar-refractivity contribution is -0.149. The van der Waals surface area contributed by atoms with Crippen LogP contribution in [-0.2, 0) is 19.0 Å². The fraction of sp³-hybridized carbons (Fsp3) is 0.344. The summed E-state index contributed by atoms with van der Waals surface area (Å²) in [4.78, 5) is 35.8. The standard InChI is InChI=1S/C32H37NO8/c1-4-23(2)31(35)40-22-20-38-18-17-37-19-21-39-28-13-11-27(12-14-28)32(36)41-29-15-9-25(10-16-29)24-5-7-26(8-6-24)30(34)33-3/h5-16,23H,4,17-22H2,1-3H3,(H,33,34). The van der Waals surface area contributed by atoms with Gasteiger partial charge in [-0.1, -0.05) is 38.1 Å². The molecule has 0 heterocycles. The minimum atomic E-state index is -0.475. The molecule has 9 nitrogen and oxygen atoms in total. The zero-order valence-corrected chi connectivity index (χ0v) is 23.7. The third-order valence-electron chi connectivity index (χ3n) is 6.22. The first kappa shape index (κ1) is 31.3. The molecule has 0 bridgehead atoms. The quantitative estimate of drug-likeness (QED) is 0.148. The molecule has 41 heavy (non-hydrogen) atoms. The predicted octanol–water partition coefficient (Wildman–Crippen LogP) is 4.93. The number of hydrogen-bond acceptors (Lipinski definition) is 8. The second-order valence-corrected chi connectivity index (χ2v) is 9.14. The number of esters is 2. The van der Waals surface area contributed by atoms with Crippen LogP contribution in [0.15, 0.2) is 72.8 Å². The van der Waals surface area contributed by atoms with Gasteiger partial charge in [-0.2, -0.15) is 0 Å². The highest BCUT2D eigenvalue weighted by atomic mass is 16.6. The maximum Gasteiger partial charge on any atom is 0.343 e. The van der Waals surface area contributed by atoms with Gasteiger partial charge in [-0.15, -0.1) is 0 Å². The lowest BCUT2D eigenvalue weighted by atomic mass is 10.0. The highest BCUT2D eigenvalue weighted by Crippen LogP contribution is 2.24. The lowest BCUT2D eigenvalue weighted by Crippen LogP contribution is -2.18. The SMILES string of the molecule is CCC(C)C(=O)OCCOCCOCCOc1ccc(C(=O)Oc2ccc(-c3ccc(C(=O)NC)cc3)cc2)cc1. The van der Waals surface area contributed by atoms with Crippen LogP contribution in [0.3, 0.4) is 0 Å². The van der Waals surface area contributed by atoms with Crippen molar-refractivity contribution in [1.29, 1.82) is 0 Å². The summed E-state index contributed by atoms with van der Waals surface area (Å²) in [7, 11) is 1.59. The van der Waals surface area contributed by atoms with Crippen LogP contribution in [0.5, 0.6) is 11.5 Å². The van der Waals surface area contributed by atoms with E-state index in [-0.39, 0.29) is 24.4 Å². The van der Waals surface area contributed by atoms with Crippen molar-refractivity contribution in [3.8, 4) is 22.6 Å². The Hall–Kier alpha value is -4.21. The van der Waals surface area contributed by atoms with Crippen LogP contribution >= 0.6 is 0 Å². The highest BCUT2D eigenvalue weighted by Gasteiger charge is 2.12. The first-order valence-corrected chi connectivity index (χ1v) is 13.6. The number of carbonyl (C=O) groups is 3. The van der Waals surface area contributed by atoms with Gasteiger partial charge in [0.15, 0.2) is 0 Å². The van der Waals surface area contributed by atoms with Crippen LogP contribution in [0.2, 0.25) is 0 Å². The van der Waals surface area contributed by atoms with E-state index in [1.165, 1.54) is 0 Å². The molecule has 218 valence electrons. The number of benzene rings is 3. The lowest BCUT2D eigenvalue weighted by Gasteiger charge is -2.10. The van der Waals surface area contributed by atoms with Gasteiger partial charge in [-0.25, -0.2) is 4.79 Å². The maximum absolute atomic E-state index is 12.6. The van der Waals surface area contributed by atoms with Crippen LogP contribution < -0.4 is 14.8 Å². The summed E-state index contributed by atoms with van der Waals surface area (Å²) < 4.78 is 27.1. The molecule has 9 heteroatoms. The first-order valence-electron chi connectivity index (χ1n) is 13.6. The van der Waals surface area contributed by atoms with E-state index < -0.39 is 5.97 Å². The van der Waals surface area contributed by atoms with E-state index in [1.807, 2.05) is 38.1 Å². The summed E-state index contributed by atoms with van der Waals surface area (Å²) in [6.07, 6.45) is 0.753. The predicted molar refractivity (Wildman–Crippen MR) is 154 cm³/mol. The highest BCUT2D eigenvalue weighted by molar-refractivity contribution is 5.94. The van der Waals surface area contributed by atoms with Crippen LogP contribution in [0, 0.1) is 5.92 Å². The molecule has 1 unspecified atom stereocenters. The molecule has 3 rings (SSSR count). The Bertz CT molecular complexity index is 1240. The molecule has 1 N–H and O–H groups in total. The number of hydrogen-bond donors (Lipinski definition) is 1. The second kappa shape index (κ2) is 16.8. The minimum absolute atomic E-state index is 0.0957. The molecular weight excluding hydrogens is 526 g/mol. The molecule has 3 aromatic rings. The number of carbonyl (C=O) groups excluding carboxylic acids is 3. The summed E-state index contributed by atoms with van der Waals surface area (Å²) in [6, 6.07) is 21.1. The Morgan fingerprint density at radius 2 is 1.20 bits per heavy atom. The van der Waals surface area contributed by atoms with Crippen molar-refractivity contribution >= 4 is 17.8 Å². The van der Waals surface area contributed by atoms with E-state index in [4.69, 9.17) is 23.7 Å². The topological polar surface area (TPSA) is 109 Å². The smallest absolute Gasteiger partial charge is 0.343 e. The molecule has 0 radical (unpaired) electrons. The summed E-state index contributed by atoms with van der Waals surface area (Å²) in [5.74, 6) is 0.120. The van der Waals surface area contributed by atoms with Crippen LogP contribution in [0.1, 0.15) is 41.0 Å². The molecule has 0 aromatic heterocycles. The number of rotatable bonds is 16. The molecule has 0 saturated carbocycles. The van der Waals surface area contributed by atoms with Gasteiger partial charge in [-0.05, 0) is 66.1 Å². The summed E-state index contributed by atoms with van der Waals surface area (Å²) >= 11 is 0. The largest absolute Gasteiger partial charge is 0.491 e. The van der Waals surface area contributed by atoms with Crippen molar-refractivity contribution in [3.63, 3.8) is 0 Å². The normalized spacial score (nSPS) is 11.4. The molecular formula is C32H37NO8. The molecule has 0 aliphatic carbocycles. The fourth-order valence-electron chi connectivity index (χ4n) is 3.58. The van der Waals surface area contributed by atoms with Gasteiger partial charge in [0.1, 0.15) is 24.7 Å². The Morgan fingerprint density at radius 1 is 0.683 bits per heavy atom. The van der Waals surface area contributed by atoms with Crippen molar-refractivity contribution in [3.05, 3.63) is 83.9 Å². The van der Waals surface area contributed by atoms with E-state index in [0.717, 1.165) is 17.5 Å². The number of amides is 1. The van der Waals surface area contributed by atoms with Crippen LogP contribution in [0.4, 0.5) is 0 Å². The molecule has 0 spiro atoms. The van der Waals surface area contributed by atoms with E-state index in [2.05, 4.69) is 5.32 Å². The molecule has 1 amide bonds. The van der Waals surface area contributed by atoms with E-state index in [0.29, 0.717) is 55.7 Å². The van der Waals surface area contributed by atoms with Gasteiger partial charge >= 0.3 is 11.9 Å². The maximum atomic E-state index is 12.6. The van der Waals surface area contributed by atoms with Gasteiger partial charge in [-0.3, -0.25) is 9.59 Å². The van der Waals surface area contributed by atoms with E-state index in [9.17, 15) is 14.4 Å². The molecule has 0 aliphatic heterocycles. The third-order valence-corrected chi connectivity index (χ3v) is 6.22. The average Bonchev–Trinajstić information content (AvgIpc) is 3.01. The average molecular weight is 564 g/mol. The second-order valence-electron chi connectivity index (χ2n) is 9.14. The minimum Gasteiger partial charge on any atom is -0.491 e. The third kappa shape index (κ3) is 10.4. The van der Waals surface area contributed by atoms with Crippen molar-refractivity contribution in [2.75, 3.05) is 46.7 Å². The number of ether oxygens (including phenoxy) is 5. The van der Waals surface area contributed by atoms with Gasteiger partial charge in [0, 0.05) is 12.6 Å². The van der Waals surface area contributed by atoms with Crippen molar-refractivity contribution in [2.24, 2.45) is 5.92 Å². The van der Waals surface area contributed by atoms with Crippen LogP contribution in [0.25, 0.3) is 11.1 Å². The van der Waals surface area contributed by atoms with Gasteiger partial charge in [0.05, 0.1) is 37.9 Å². The van der Waals surface area contributed by atoms with E-state index >= 15 is 0 Å². The Morgan fingerprint density at radius 3 is 1.78 bits per heavy atom. The molecule has 1 atom stereocenters. The van der Waals surface area contributed by atoms with E-state index in [1.54, 1.807) is 55.6 Å². The molecule has 0 saturated heterocycles.